The molecular formula is C12H10Cl2N2O. The molecule has 5 heteroatoms. The van der Waals surface area contributed by atoms with Crippen LogP contribution in [0.5, 0.6) is 5.75 Å². The van der Waals surface area contributed by atoms with Crippen molar-refractivity contribution >= 4 is 23.2 Å². The van der Waals surface area contributed by atoms with Gasteiger partial charge in [0.2, 0.25) is 5.28 Å². The van der Waals surface area contributed by atoms with Gasteiger partial charge in [-0.05, 0) is 42.3 Å². The average molecular weight is 269 g/mol. The molecule has 0 saturated carbocycles. The number of benzene rings is 1. The Morgan fingerprint density at radius 3 is 2.65 bits per heavy atom. The first-order valence-corrected chi connectivity index (χ1v) is 5.70. The first-order chi connectivity index (χ1) is 8.11. The lowest BCUT2D eigenvalue weighted by atomic mass is 10.1. The average Bonchev–Trinajstić information content (AvgIpc) is 2.31. The van der Waals surface area contributed by atoms with Crippen molar-refractivity contribution in [3.05, 3.63) is 40.3 Å². The lowest BCUT2D eigenvalue weighted by Gasteiger charge is -2.09. The largest absolute Gasteiger partial charge is 0.495 e. The fourth-order valence-corrected chi connectivity index (χ4v) is 1.96. The van der Waals surface area contributed by atoms with E-state index in [1.54, 1.807) is 19.4 Å². The van der Waals surface area contributed by atoms with Gasteiger partial charge in [0.15, 0.2) is 0 Å². The Balaban J connectivity index is 2.56. The van der Waals surface area contributed by atoms with Crippen molar-refractivity contribution in [1.29, 1.82) is 0 Å². The molecule has 17 heavy (non-hydrogen) atoms. The summed E-state index contributed by atoms with van der Waals surface area (Å²) in [4.78, 5) is 8.00. The number of hydrogen-bond acceptors (Lipinski definition) is 3. The van der Waals surface area contributed by atoms with Gasteiger partial charge in [-0.15, -0.1) is 0 Å². The molecule has 1 aromatic carbocycles. The topological polar surface area (TPSA) is 35.0 Å². The van der Waals surface area contributed by atoms with E-state index in [0.29, 0.717) is 10.8 Å². The molecule has 0 aliphatic carbocycles. The molecule has 0 N–H and O–H groups in total. The molecule has 88 valence electrons. The van der Waals surface area contributed by atoms with Crippen LogP contribution >= 0.6 is 23.2 Å². The van der Waals surface area contributed by atoms with Crippen LogP contribution in [-0.2, 0) is 0 Å². The van der Waals surface area contributed by atoms with Crippen LogP contribution in [0.3, 0.4) is 0 Å². The SMILES string of the molecule is COc1cc(C)c(-c2ccnc(Cl)n2)cc1Cl. The standard InChI is InChI=1S/C12H10Cl2N2O/c1-7-5-11(17-2)9(13)6-8(7)10-3-4-15-12(14)16-10/h3-6H,1-2H3. The highest BCUT2D eigenvalue weighted by atomic mass is 35.5. The predicted octanol–water partition coefficient (Wildman–Crippen LogP) is 3.77. The minimum absolute atomic E-state index is 0.217. The fraction of sp³-hybridized carbons (Fsp3) is 0.167. The Bertz CT molecular complexity index is 558. The van der Waals surface area contributed by atoms with Gasteiger partial charge in [-0.3, -0.25) is 0 Å². The summed E-state index contributed by atoms with van der Waals surface area (Å²) < 4.78 is 5.15. The molecular weight excluding hydrogens is 259 g/mol. The summed E-state index contributed by atoms with van der Waals surface area (Å²) in [5, 5.41) is 0.761. The molecule has 0 atom stereocenters. The lowest BCUT2D eigenvalue weighted by Crippen LogP contribution is -1.92. The molecule has 1 heterocycles. The van der Waals surface area contributed by atoms with E-state index in [2.05, 4.69) is 9.97 Å². The second-order valence-corrected chi connectivity index (χ2v) is 4.26. The van der Waals surface area contributed by atoms with Crippen LogP contribution in [0.1, 0.15) is 5.56 Å². The number of aromatic nitrogens is 2. The van der Waals surface area contributed by atoms with E-state index < -0.39 is 0 Å². The lowest BCUT2D eigenvalue weighted by molar-refractivity contribution is 0.415. The predicted molar refractivity (Wildman–Crippen MR) is 68.8 cm³/mol. The molecule has 0 amide bonds. The van der Waals surface area contributed by atoms with E-state index in [-0.39, 0.29) is 5.28 Å². The zero-order chi connectivity index (χ0) is 12.4. The Morgan fingerprint density at radius 2 is 2.00 bits per heavy atom. The first-order valence-electron chi connectivity index (χ1n) is 4.95. The Kier molecular flexibility index (Phi) is 3.50. The number of aryl methyl sites for hydroxylation is 1. The van der Waals surface area contributed by atoms with Gasteiger partial charge in [0.25, 0.3) is 0 Å². The number of methoxy groups -OCH3 is 1. The summed E-state index contributed by atoms with van der Waals surface area (Å²) in [6.45, 7) is 1.96. The maximum absolute atomic E-state index is 6.09. The van der Waals surface area contributed by atoms with Crippen molar-refractivity contribution in [1.82, 2.24) is 9.97 Å². The minimum atomic E-state index is 0.217. The van der Waals surface area contributed by atoms with Gasteiger partial charge in [0, 0.05) is 11.8 Å². The third kappa shape index (κ3) is 2.51. The quantitative estimate of drug-likeness (QED) is 0.778. The van der Waals surface area contributed by atoms with Crippen molar-refractivity contribution < 1.29 is 4.74 Å². The zero-order valence-corrected chi connectivity index (χ0v) is 10.9. The highest BCUT2D eigenvalue weighted by Crippen LogP contribution is 2.32. The molecule has 0 bridgehead atoms. The third-order valence-corrected chi connectivity index (χ3v) is 2.88. The molecule has 0 spiro atoms. The molecule has 2 aromatic rings. The van der Waals surface area contributed by atoms with E-state index in [9.17, 15) is 0 Å². The summed E-state index contributed by atoms with van der Waals surface area (Å²) in [6, 6.07) is 5.47. The van der Waals surface area contributed by atoms with Gasteiger partial charge < -0.3 is 4.74 Å². The van der Waals surface area contributed by atoms with Crippen molar-refractivity contribution in [3.8, 4) is 17.0 Å². The molecule has 0 saturated heterocycles. The first kappa shape index (κ1) is 12.1. The second kappa shape index (κ2) is 4.90. The van der Waals surface area contributed by atoms with Crippen LogP contribution in [0.4, 0.5) is 0 Å². The smallest absolute Gasteiger partial charge is 0.222 e. The van der Waals surface area contributed by atoms with E-state index in [4.69, 9.17) is 27.9 Å². The van der Waals surface area contributed by atoms with Crippen LogP contribution in [-0.4, -0.2) is 17.1 Å². The molecule has 0 unspecified atom stereocenters. The van der Waals surface area contributed by atoms with Crippen LogP contribution in [0.2, 0.25) is 10.3 Å². The van der Waals surface area contributed by atoms with Gasteiger partial charge in [-0.1, -0.05) is 11.6 Å². The number of halogens is 2. The Morgan fingerprint density at radius 1 is 1.24 bits per heavy atom. The zero-order valence-electron chi connectivity index (χ0n) is 9.37. The number of hydrogen-bond donors (Lipinski definition) is 0. The van der Waals surface area contributed by atoms with Crippen molar-refractivity contribution in [2.45, 2.75) is 6.92 Å². The summed E-state index contributed by atoms with van der Waals surface area (Å²) in [6.07, 6.45) is 1.61. The molecule has 0 aliphatic heterocycles. The van der Waals surface area contributed by atoms with Crippen molar-refractivity contribution in [2.24, 2.45) is 0 Å². The molecule has 0 radical (unpaired) electrons. The molecule has 0 aliphatic rings. The third-order valence-electron chi connectivity index (χ3n) is 2.40. The fourth-order valence-electron chi connectivity index (χ4n) is 1.57. The van der Waals surface area contributed by atoms with Crippen LogP contribution < -0.4 is 4.74 Å². The van der Waals surface area contributed by atoms with Crippen LogP contribution in [0.15, 0.2) is 24.4 Å². The number of ether oxygens (including phenoxy) is 1. The Labute approximate surface area is 109 Å². The summed E-state index contributed by atoms with van der Waals surface area (Å²) in [5.41, 5.74) is 2.67. The van der Waals surface area contributed by atoms with E-state index in [1.165, 1.54) is 0 Å². The molecule has 0 fully saturated rings. The summed E-state index contributed by atoms with van der Waals surface area (Å²) >= 11 is 11.9. The van der Waals surface area contributed by atoms with E-state index in [1.807, 2.05) is 19.1 Å². The van der Waals surface area contributed by atoms with Gasteiger partial charge in [-0.25, -0.2) is 9.97 Å². The summed E-state index contributed by atoms with van der Waals surface area (Å²) in [7, 11) is 1.59. The molecule has 1 aromatic heterocycles. The highest BCUT2D eigenvalue weighted by Gasteiger charge is 2.09. The van der Waals surface area contributed by atoms with Crippen molar-refractivity contribution in [3.63, 3.8) is 0 Å². The van der Waals surface area contributed by atoms with Crippen LogP contribution in [0.25, 0.3) is 11.3 Å². The van der Waals surface area contributed by atoms with E-state index >= 15 is 0 Å². The van der Waals surface area contributed by atoms with Gasteiger partial charge in [-0.2, -0.15) is 0 Å². The number of nitrogens with zero attached hydrogens (tertiary/aromatic N) is 2. The summed E-state index contributed by atoms with van der Waals surface area (Å²) in [5.74, 6) is 0.646. The van der Waals surface area contributed by atoms with Crippen LogP contribution in [0, 0.1) is 6.92 Å². The maximum Gasteiger partial charge on any atom is 0.222 e. The number of rotatable bonds is 2. The van der Waals surface area contributed by atoms with E-state index in [0.717, 1.165) is 16.8 Å². The van der Waals surface area contributed by atoms with Gasteiger partial charge in [0.1, 0.15) is 5.75 Å². The normalized spacial score (nSPS) is 10.4. The Hall–Kier alpha value is -1.32. The molecule has 2 rings (SSSR count). The van der Waals surface area contributed by atoms with Gasteiger partial charge >= 0.3 is 0 Å². The second-order valence-electron chi connectivity index (χ2n) is 3.51. The minimum Gasteiger partial charge on any atom is -0.495 e. The van der Waals surface area contributed by atoms with Crippen molar-refractivity contribution in [2.75, 3.05) is 7.11 Å². The highest BCUT2D eigenvalue weighted by molar-refractivity contribution is 6.32. The van der Waals surface area contributed by atoms with Gasteiger partial charge in [0.05, 0.1) is 17.8 Å². The monoisotopic (exact) mass is 268 g/mol. The maximum atomic E-state index is 6.09. The molecule has 3 nitrogen and oxygen atoms in total.